The lowest BCUT2D eigenvalue weighted by molar-refractivity contribution is 0.0183. The van der Waals surface area contributed by atoms with Crippen LogP contribution in [0.5, 0.6) is 0 Å². The maximum Gasteiger partial charge on any atom is 0.410 e. The van der Waals surface area contributed by atoms with E-state index in [9.17, 15) is 4.79 Å². The molecule has 1 heterocycles. The summed E-state index contributed by atoms with van der Waals surface area (Å²) >= 11 is 0. The predicted octanol–water partition coefficient (Wildman–Crippen LogP) is 0.966. The second kappa shape index (κ2) is 5.69. The monoisotopic (exact) mass is 244 g/mol. The van der Waals surface area contributed by atoms with Crippen molar-refractivity contribution in [1.29, 1.82) is 0 Å². The molecular formula is C12H24N2O3. The average molecular weight is 244 g/mol. The summed E-state index contributed by atoms with van der Waals surface area (Å²) in [5, 5.41) is 12.2. The minimum absolute atomic E-state index is 0.146. The van der Waals surface area contributed by atoms with Gasteiger partial charge in [-0.25, -0.2) is 4.79 Å². The molecule has 0 spiro atoms. The lowest BCUT2D eigenvalue weighted by atomic mass is 10.0. The number of hydrogen-bond donors (Lipinski definition) is 2. The van der Waals surface area contributed by atoms with Gasteiger partial charge in [0.1, 0.15) is 5.60 Å². The second-order valence-electron chi connectivity index (χ2n) is 5.61. The van der Waals surface area contributed by atoms with Crippen LogP contribution in [0, 0.1) is 0 Å². The summed E-state index contributed by atoms with van der Waals surface area (Å²) in [6.07, 6.45) is 1.49. The van der Waals surface area contributed by atoms with Crippen LogP contribution in [0.4, 0.5) is 4.79 Å². The van der Waals surface area contributed by atoms with Crippen molar-refractivity contribution in [3.05, 3.63) is 0 Å². The van der Waals surface area contributed by atoms with Crippen LogP contribution in [0.25, 0.3) is 0 Å². The first-order chi connectivity index (χ1) is 7.83. The molecule has 0 saturated carbocycles. The molecule has 1 rings (SSSR count). The molecule has 17 heavy (non-hydrogen) atoms. The molecule has 0 aromatic carbocycles. The molecule has 1 aliphatic rings. The fraction of sp³-hybridized carbons (Fsp3) is 0.917. The van der Waals surface area contributed by atoms with Crippen molar-refractivity contribution in [2.75, 3.05) is 20.2 Å². The fourth-order valence-corrected chi connectivity index (χ4v) is 1.87. The van der Waals surface area contributed by atoms with Gasteiger partial charge in [-0.1, -0.05) is 0 Å². The van der Waals surface area contributed by atoms with E-state index in [-0.39, 0.29) is 24.8 Å². The highest BCUT2D eigenvalue weighted by molar-refractivity contribution is 5.68. The van der Waals surface area contributed by atoms with E-state index in [0.717, 1.165) is 12.8 Å². The Balaban J connectivity index is 2.43. The Morgan fingerprint density at radius 1 is 1.47 bits per heavy atom. The van der Waals surface area contributed by atoms with E-state index in [0.29, 0.717) is 6.54 Å². The summed E-state index contributed by atoms with van der Waals surface area (Å²) in [5.74, 6) is 0. The summed E-state index contributed by atoms with van der Waals surface area (Å²) < 4.78 is 5.32. The van der Waals surface area contributed by atoms with E-state index >= 15 is 0 Å². The van der Waals surface area contributed by atoms with Crippen molar-refractivity contribution < 1.29 is 14.6 Å². The third-order valence-electron chi connectivity index (χ3n) is 2.94. The topological polar surface area (TPSA) is 61.8 Å². The van der Waals surface area contributed by atoms with E-state index < -0.39 is 5.60 Å². The van der Waals surface area contributed by atoms with Crippen molar-refractivity contribution in [3.63, 3.8) is 0 Å². The lowest BCUT2D eigenvalue weighted by Crippen LogP contribution is -2.52. The van der Waals surface area contributed by atoms with Gasteiger partial charge in [-0.15, -0.1) is 0 Å². The van der Waals surface area contributed by atoms with Gasteiger partial charge >= 0.3 is 6.09 Å². The molecule has 1 amide bonds. The van der Waals surface area contributed by atoms with Crippen molar-refractivity contribution >= 4 is 6.09 Å². The van der Waals surface area contributed by atoms with Crippen molar-refractivity contribution in [2.45, 2.75) is 51.3 Å². The predicted molar refractivity (Wildman–Crippen MR) is 65.9 cm³/mol. The molecule has 5 nitrogen and oxygen atoms in total. The normalized spacial score (nSPS) is 25.5. The molecular weight excluding hydrogens is 220 g/mol. The first-order valence-electron chi connectivity index (χ1n) is 6.13. The number of aliphatic hydroxyl groups is 1. The van der Waals surface area contributed by atoms with Crippen LogP contribution < -0.4 is 5.32 Å². The number of likely N-dealkylation sites (N-methyl/N-ethyl adjacent to an activating group) is 1. The van der Waals surface area contributed by atoms with Crippen molar-refractivity contribution in [1.82, 2.24) is 10.2 Å². The van der Waals surface area contributed by atoms with Crippen molar-refractivity contribution in [2.24, 2.45) is 0 Å². The third kappa shape index (κ3) is 4.52. The zero-order valence-corrected chi connectivity index (χ0v) is 11.2. The van der Waals surface area contributed by atoms with Gasteiger partial charge in [0.05, 0.1) is 6.61 Å². The number of carbonyl (C=O) groups excluding carboxylic acids is 1. The Labute approximate surface area is 103 Å². The molecule has 5 heteroatoms. The number of nitrogens with zero attached hydrogens (tertiary/aromatic N) is 1. The molecule has 0 aliphatic carbocycles. The summed E-state index contributed by atoms with van der Waals surface area (Å²) in [4.78, 5) is 13.5. The zero-order valence-electron chi connectivity index (χ0n) is 11.2. The van der Waals surface area contributed by atoms with Crippen LogP contribution in [0.3, 0.4) is 0 Å². The first kappa shape index (κ1) is 14.3. The Morgan fingerprint density at radius 2 is 2.12 bits per heavy atom. The lowest BCUT2D eigenvalue weighted by Gasteiger charge is -2.35. The number of ether oxygens (including phenoxy) is 1. The average Bonchev–Trinajstić information content (AvgIpc) is 2.26. The molecule has 0 radical (unpaired) electrons. The van der Waals surface area contributed by atoms with Crippen LogP contribution in [0.15, 0.2) is 0 Å². The summed E-state index contributed by atoms with van der Waals surface area (Å²) in [7, 11) is 1.76. The smallest absolute Gasteiger partial charge is 0.410 e. The largest absolute Gasteiger partial charge is 0.444 e. The van der Waals surface area contributed by atoms with E-state index in [4.69, 9.17) is 9.84 Å². The number of amides is 1. The van der Waals surface area contributed by atoms with E-state index in [1.165, 1.54) is 0 Å². The van der Waals surface area contributed by atoms with Gasteiger partial charge in [0.15, 0.2) is 0 Å². The number of aliphatic hydroxyl groups excluding tert-OH is 1. The number of piperidine rings is 1. The standard InChI is InChI=1S/C12H24N2O3/c1-12(2,3)17-11(16)14(4)10-6-5-9(8-15)13-7-10/h9-10,13,15H,5-8H2,1-4H3/t9-,10?/m0/s1. The number of hydrogen-bond acceptors (Lipinski definition) is 4. The molecule has 1 saturated heterocycles. The third-order valence-corrected chi connectivity index (χ3v) is 2.94. The van der Waals surface area contributed by atoms with Gasteiger partial charge in [0, 0.05) is 25.7 Å². The van der Waals surface area contributed by atoms with Crippen LogP contribution in [0.1, 0.15) is 33.6 Å². The quantitative estimate of drug-likeness (QED) is 0.759. The summed E-state index contributed by atoms with van der Waals surface area (Å²) in [5.41, 5.74) is -0.457. The minimum atomic E-state index is -0.457. The molecule has 1 unspecified atom stereocenters. The molecule has 2 N–H and O–H groups in total. The van der Waals surface area contributed by atoms with Crippen LogP contribution in [-0.4, -0.2) is 54.0 Å². The van der Waals surface area contributed by atoms with Crippen LogP contribution in [0.2, 0.25) is 0 Å². The Hall–Kier alpha value is -0.810. The van der Waals surface area contributed by atoms with E-state index in [1.807, 2.05) is 20.8 Å². The van der Waals surface area contributed by atoms with Gasteiger partial charge in [-0.2, -0.15) is 0 Å². The van der Waals surface area contributed by atoms with Gasteiger partial charge in [-0.3, -0.25) is 0 Å². The van der Waals surface area contributed by atoms with Crippen LogP contribution >= 0.6 is 0 Å². The zero-order chi connectivity index (χ0) is 13.1. The molecule has 1 fully saturated rings. The highest BCUT2D eigenvalue weighted by Gasteiger charge is 2.28. The number of nitrogens with one attached hydrogen (secondary N) is 1. The summed E-state index contributed by atoms with van der Waals surface area (Å²) in [6.45, 7) is 6.45. The number of carbonyl (C=O) groups is 1. The van der Waals surface area contributed by atoms with E-state index in [2.05, 4.69) is 5.32 Å². The van der Waals surface area contributed by atoms with Gasteiger partial charge < -0.3 is 20.1 Å². The van der Waals surface area contributed by atoms with Gasteiger partial charge in [-0.05, 0) is 33.6 Å². The van der Waals surface area contributed by atoms with Gasteiger partial charge in [0.25, 0.3) is 0 Å². The number of rotatable bonds is 2. The van der Waals surface area contributed by atoms with E-state index in [1.54, 1.807) is 11.9 Å². The van der Waals surface area contributed by atoms with Crippen LogP contribution in [-0.2, 0) is 4.74 Å². The fourth-order valence-electron chi connectivity index (χ4n) is 1.87. The maximum atomic E-state index is 11.8. The second-order valence-corrected chi connectivity index (χ2v) is 5.61. The highest BCUT2D eigenvalue weighted by Crippen LogP contribution is 2.16. The first-order valence-corrected chi connectivity index (χ1v) is 6.13. The molecule has 2 atom stereocenters. The SMILES string of the molecule is CN(C(=O)OC(C)(C)C)C1CC[C@@H](CO)NC1. The maximum absolute atomic E-state index is 11.8. The molecule has 0 aromatic heterocycles. The molecule has 0 aromatic rings. The molecule has 1 aliphatic heterocycles. The Kier molecular flexibility index (Phi) is 4.77. The Bertz CT molecular complexity index is 255. The molecule has 100 valence electrons. The van der Waals surface area contributed by atoms with Crippen molar-refractivity contribution in [3.8, 4) is 0 Å². The highest BCUT2D eigenvalue weighted by atomic mass is 16.6. The summed E-state index contributed by atoms with van der Waals surface area (Å²) in [6, 6.07) is 0.311. The molecule has 0 bridgehead atoms. The Morgan fingerprint density at radius 3 is 2.53 bits per heavy atom. The minimum Gasteiger partial charge on any atom is -0.444 e. The van der Waals surface area contributed by atoms with Gasteiger partial charge in [0.2, 0.25) is 0 Å².